The zero-order valence-corrected chi connectivity index (χ0v) is 9.05. The van der Waals surface area contributed by atoms with Gasteiger partial charge in [-0.2, -0.15) is 0 Å². The normalized spacial score (nSPS) is 10.7. The first kappa shape index (κ1) is 9.33. The van der Waals surface area contributed by atoms with E-state index in [0.717, 1.165) is 4.47 Å². The monoisotopic (exact) mass is 257 g/mol. The van der Waals surface area contributed by atoms with E-state index < -0.39 is 5.76 Å². The van der Waals surface area contributed by atoms with Crippen LogP contribution in [0.25, 0.3) is 11.1 Å². The van der Waals surface area contributed by atoms with Gasteiger partial charge in [-0.15, -0.1) is 0 Å². The lowest BCUT2D eigenvalue weighted by atomic mass is 10.3. The van der Waals surface area contributed by atoms with Gasteiger partial charge in [0.1, 0.15) is 11.3 Å². The maximum absolute atomic E-state index is 11.0. The summed E-state index contributed by atoms with van der Waals surface area (Å²) in [6, 6.07) is 3.51. The van der Waals surface area contributed by atoms with Crippen molar-refractivity contribution in [3.63, 3.8) is 0 Å². The van der Waals surface area contributed by atoms with Gasteiger partial charge in [-0.05, 0) is 19.1 Å². The Bertz CT molecular complexity index is 514. The summed E-state index contributed by atoms with van der Waals surface area (Å²) in [4.78, 5) is 13.5. The summed E-state index contributed by atoms with van der Waals surface area (Å²) in [7, 11) is 0. The highest BCUT2D eigenvalue weighted by atomic mass is 79.9. The van der Waals surface area contributed by atoms with Crippen molar-refractivity contribution in [2.75, 3.05) is 6.61 Å². The topological polar surface area (TPSA) is 55.2 Å². The molecule has 2 rings (SSSR count). The first-order chi connectivity index (χ1) is 6.70. The Hall–Kier alpha value is -1.23. The Morgan fingerprint density at radius 3 is 3.07 bits per heavy atom. The van der Waals surface area contributed by atoms with Gasteiger partial charge in [-0.1, -0.05) is 15.9 Å². The second-order valence-corrected chi connectivity index (χ2v) is 3.64. The lowest BCUT2D eigenvalue weighted by Crippen LogP contribution is -1.95. The Balaban J connectivity index is 2.72. The average molecular weight is 258 g/mol. The highest BCUT2D eigenvalue weighted by Crippen LogP contribution is 2.27. The number of hydrogen-bond acceptors (Lipinski definition) is 3. The van der Waals surface area contributed by atoms with E-state index in [0.29, 0.717) is 23.5 Å². The number of aromatic nitrogens is 1. The van der Waals surface area contributed by atoms with E-state index in [2.05, 4.69) is 20.9 Å². The minimum Gasteiger partial charge on any atom is -0.492 e. The van der Waals surface area contributed by atoms with Crippen LogP contribution in [-0.2, 0) is 0 Å². The molecule has 0 amide bonds. The number of ether oxygens (including phenoxy) is 1. The maximum Gasteiger partial charge on any atom is 0.417 e. The van der Waals surface area contributed by atoms with E-state index in [9.17, 15) is 4.79 Å². The third kappa shape index (κ3) is 1.55. The van der Waals surface area contributed by atoms with Gasteiger partial charge in [0.15, 0.2) is 5.58 Å². The number of rotatable bonds is 2. The molecule has 0 aliphatic heterocycles. The lowest BCUT2D eigenvalue weighted by Gasteiger charge is -2.03. The van der Waals surface area contributed by atoms with Gasteiger partial charge in [-0.3, -0.25) is 4.98 Å². The summed E-state index contributed by atoms with van der Waals surface area (Å²) in [6.07, 6.45) is 0. The summed E-state index contributed by atoms with van der Waals surface area (Å²) in [5.41, 5.74) is 1.09. The van der Waals surface area contributed by atoms with E-state index in [4.69, 9.17) is 9.15 Å². The van der Waals surface area contributed by atoms with Crippen molar-refractivity contribution in [3.05, 3.63) is 27.2 Å². The van der Waals surface area contributed by atoms with E-state index in [1.54, 1.807) is 12.1 Å². The van der Waals surface area contributed by atoms with Crippen LogP contribution in [0.1, 0.15) is 6.92 Å². The Kier molecular flexibility index (Phi) is 2.33. The number of halogens is 1. The van der Waals surface area contributed by atoms with Crippen LogP contribution < -0.4 is 10.5 Å². The van der Waals surface area contributed by atoms with Crippen LogP contribution in [0.3, 0.4) is 0 Å². The van der Waals surface area contributed by atoms with Gasteiger partial charge in [0, 0.05) is 4.47 Å². The minimum atomic E-state index is -0.473. The molecule has 0 unspecified atom stereocenters. The lowest BCUT2D eigenvalue weighted by molar-refractivity contribution is 0.343. The fraction of sp³-hybridized carbons (Fsp3) is 0.222. The zero-order valence-electron chi connectivity index (χ0n) is 7.46. The molecule has 1 aromatic carbocycles. The summed E-state index contributed by atoms with van der Waals surface area (Å²) in [5.74, 6) is 0.141. The predicted molar refractivity (Wildman–Crippen MR) is 55.7 cm³/mol. The van der Waals surface area contributed by atoms with Gasteiger partial charge >= 0.3 is 5.76 Å². The number of aromatic amines is 1. The Morgan fingerprint density at radius 2 is 2.36 bits per heavy atom. The molecular weight excluding hydrogens is 250 g/mol. The largest absolute Gasteiger partial charge is 0.492 e. The molecule has 0 saturated heterocycles. The summed E-state index contributed by atoms with van der Waals surface area (Å²) < 4.78 is 11.1. The third-order valence-corrected chi connectivity index (χ3v) is 2.22. The molecule has 0 bridgehead atoms. The SMILES string of the molecule is CCOc1cc(Br)cc2oc(=O)[nH]c12. The molecule has 1 N–H and O–H groups in total. The molecular formula is C9H8BrNO3. The quantitative estimate of drug-likeness (QED) is 0.898. The Morgan fingerprint density at radius 1 is 1.57 bits per heavy atom. The van der Waals surface area contributed by atoms with Crippen LogP contribution in [0.2, 0.25) is 0 Å². The van der Waals surface area contributed by atoms with Crippen molar-refractivity contribution in [2.45, 2.75) is 6.92 Å². The number of H-pyrrole nitrogens is 1. The van der Waals surface area contributed by atoms with E-state index in [1.165, 1.54) is 0 Å². The van der Waals surface area contributed by atoms with Gasteiger partial charge in [0.2, 0.25) is 0 Å². The van der Waals surface area contributed by atoms with Gasteiger partial charge in [-0.25, -0.2) is 4.79 Å². The van der Waals surface area contributed by atoms with Gasteiger partial charge in [0.05, 0.1) is 6.61 Å². The number of benzene rings is 1. The van der Waals surface area contributed by atoms with E-state index >= 15 is 0 Å². The minimum absolute atomic E-state index is 0.473. The molecule has 0 aliphatic rings. The summed E-state index contributed by atoms with van der Waals surface area (Å²) in [6.45, 7) is 2.42. The molecule has 1 heterocycles. The highest BCUT2D eigenvalue weighted by molar-refractivity contribution is 9.10. The standard InChI is InChI=1S/C9H8BrNO3/c1-2-13-6-3-5(10)4-7-8(6)11-9(12)14-7/h3-4H,2H2,1H3,(H,11,12). The van der Waals surface area contributed by atoms with Gasteiger partial charge < -0.3 is 9.15 Å². The fourth-order valence-corrected chi connectivity index (χ4v) is 1.67. The van der Waals surface area contributed by atoms with Crippen LogP contribution in [0.15, 0.2) is 25.8 Å². The summed E-state index contributed by atoms with van der Waals surface area (Å²) >= 11 is 3.31. The van der Waals surface area contributed by atoms with Crippen LogP contribution in [-0.4, -0.2) is 11.6 Å². The fourth-order valence-electron chi connectivity index (χ4n) is 1.26. The molecule has 0 spiro atoms. The zero-order chi connectivity index (χ0) is 10.1. The first-order valence-corrected chi connectivity index (χ1v) is 4.95. The number of oxazole rings is 1. The average Bonchev–Trinajstić information content (AvgIpc) is 2.45. The van der Waals surface area contributed by atoms with Crippen molar-refractivity contribution in [2.24, 2.45) is 0 Å². The third-order valence-electron chi connectivity index (χ3n) is 1.76. The number of fused-ring (bicyclic) bond motifs is 1. The molecule has 0 radical (unpaired) electrons. The molecule has 5 heteroatoms. The molecule has 14 heavy (non-hydrogen) atoms. The second-order valence-electron chi connectivity index (χ2n) is 2.72. The van der Waals surface area contributed by atoms with Crippen LogP contribution >= 0.6 is 15.9 Å². The van der Waals surface area contributed by atoms with Crippen molar-refractivity contribution in [1.29, 1.82) is 0 Å². The van der Waals surface area contributed by atoms with Crippen molar-refractivity contribution >= 4 is 27.0 Å². The second kappa shape index (κ2) is 3.49. The van der Waals surface area contributed by atoms with E-state index in [-0.39, 0.29) is 0 Å². The first-order valence-electron chi connectivity index (χ1n) is 4.16. The molecule has 2 aromatic rings. The van der Waals surface area contributed by atoms with Crippen molar-refractivity contribution < 1.29 is 9.15 Å². The molecule has 74 valence electrons. The molecule has 0 saturated carbocycles. The van der Waals surface area contributed by atoms with Crippen molar-refractivity contribution in [1.82, 2.24) is 4.98 Å². The van der Waals surface area contributed by atoms with Crippen LogP contribution in [0.4, 0.5) is 0 Å². The maximum atomic E-state index is 11.0. The van der Waals surface area contributed by atoms with Crippen LogP contribution in [0.5, 0.6) is 5.75 Å². The molecule has 0 fully saturated rings. The van der Waals surface area contributed by atoms with Gasteiger partial charge in [0.25, 0.3) is 0 Å². The van der Waals surface area contributed by atoms with Crippen LogP contribution in [0, 0.1) is 0 Å². The molecule has 0 aliphatic carbocycles. The summed E-state index contributed by atoms with van der Waals surface area (Å²) in [5, 5.41) is 0. The Labute approximate surface area is 88.0 Å². The smallest absolute Gasteiger partial charge is 0.417 e. The molecule has 1 aromatic heterocycles. The molecule has 0 atom stereocenters. The predicted octanol–water partition coefficient (Wildman–Crippen LogP) is 2.28. The number of nitrogens with one attached hydrogen (secondary N) is 1. The van der Waals surface area contributed by atoms with Crippen molar-refractivity contribution in [3.8, 4) is 5.75 Å². The van der Waals surface area contributed by atoms with E-state index in [1.807, 2.05) is 6.92 Å². The highest BCUT2D eigenvalue weighted by Gasteiger charge is 2.08. The number of hydrogen-bond donors (Lipinski definition) is 1. The molecule has 4 nitrogen and oxygen atoms in total.